The summed E-state index contributed by atoms with van der Waals surface area (Å²) in [5, 5.41) is -0.304. The Morgan fingerprint density at radius 2 is 2.17 bits per heavy atom. The van der Waals surface area contributed by atoms with Crippen LogP contribution in [0.15, 0.2) is 24.5 Å². The van der Waals surface area contributed by atoms with Gasteiger partial charge in [0.15, 0.2) is 4.67 Å². The summed E-state index contributed by atoms with van der Waals surface area (Å²) in [5.74, 6) is 0.158. The maximum atomic E-state index is 11.9. The fourth-order valence-electron chi connectivity index (χ4n) is 1.39. The standard InChI is InChI=1S/C10H8Br2N2O3S/c11-6-3-5(17-8(6)12)4-7-9(15)14(2-1-13)10(16)18-7/h3-4H,1-2,13H2. The number of imide groups is 1. The number of thioether (sulfide) groups is 1. The van der Waals surface area contributed by atoms with E-state index in [0.717, 1.165) is 21.1 Å². The molecule has 1 aliphatic rings. The topological polar surface area (TPSA) is 76.5 Å². The van der Waals surface area contributed by atoms with Crippen molar-refractivity contribution in [2.75, 3.05) is 13.1 Å². The van der Waals surface area contributed by atoms with Crippen molar-refractivity contribution in [2.45, 2.75) is 0 Å². The molecule has 2 amide bonds. The monoisotopic (exact) mass is 394 g/mol. The number of halogens is 2. The number of nitrogens with two attached hydrogens (primary N) is 1. The molecule has 0 atom stereocenters. The third kappa shape index (κ3) is 2.71. The largest absolute Gasteiger partial charge is 0.449 e. The van der Waals surface area contributed by atoms with E-state index in [2.05, 4.69) is 31.9 Å². The lowest BCUT2D eigenvalue weighted by Gasteiger charge is -2.09. The maximum absolute atomic E-state index is 11.9. The number of amides is 2. The molecule has 1 aliphatic heterocycles. The molecule has 1 aromatic rings. The molecule has 0 bridgehead atoms. The first-order chi connectivity index (χ1) is 8.52. The number of furan rings is 1. The van der Waals surface area contributed by atoms with Gasteiger partial charge < -0.3 is 10.2 Å². The molecule has 96 valence electrons. The highest BCUT2D eigenvalue weighted by Gasteiger charge is 2.34. The highest BCUT2D eigenvalue weighted by atomic mass is 79.9. The molecule has 0 aliphatic carbocycles. The van der Waals surface area contributed by atoms with Gasteiger partial charge in [0.05, 0.1) is 9.38 Å². The molecule has 1 aromatic heterocycles. The smallest absolute Gasteiger partial charge is 0.293 e. The Balaban J connectivity index is 2.24. The summed E-state index contributed by atoms with van der Waals surface area (Å²) in [4.78, 5) is 24.9. The molecule has 8 heteroatoms. The average Bonchev–Trinajstić information content (AvgIpc) is 2.75. The Kier molecular flexibility index (Phi) is 4.31. The van der Waals surface area contributed by atoms with Gasteiger partial charge in [-0.25, -0.2) is 0 Å². The van der Waals surface area contributed by atoms with Gasteiger partial charge in [0.25, 0.3) is 11.1 Å². The molecule has 2 rings (SSSR count). The molecule has 0 saturated carbocycles. The summed E-state index contributed by atoms with van der Waals surface area (Å²) in [6, 6.07) is 1.71. The molecule has 5 nitrogen and oxygen atoms in total. The summed E-state index contributed by atoms with van der Waals surface area (Å²) < 4.78 is 6.61. The number of rotatable bonds is 3. The minimum absolute atomic E-state index is 0.230. The SMILES string of the molecule is NCCN1C(=O)SC(=Cc2cc(Br)c(Br)o2)C1=O. The van der Waals surface area contributed by atoms with Gasteiger partial charge in [0.2, 0.25) is 0 Å². The normalized spacial score (nSPS) is 18.2. The zero-order chi connectivity index (χ0) is 13.3. The van der Waals surface area contributed by atoms with Crippen LogP contribution < -0.4 is 5.73 Å². The first-order valence-electron chi connectivity index (χ1n) is 4.93. The van der Waals surface area contributed by atoms with Gasteiger partial charge in [-0.3, -0.25) is 14.5 Å². The second-order valence-electron chi connectivity index (χ2n) is 3.39. The van der Waals surface area contributed by atoms with E-state index in [1.54, 1.807) is 6.07 Å². The van der Waals surface area contributed by atoms with Gasteiger partial charge in [-0.2, -0.15) is 0 Å². The molecule has 2 heterocycles. The Bertz CT molecular complexity index is 522. The molecular weight excluding hydrogens is 388 g/mol. The van der Waals surface area contributed by atoms with E-state index in [9.17, 15) is 9.59 Å². The van der Waals surface area contributed by atoms with Crippen LogP contribution in [0.25, 0.3) is 6.08 Å². The molecule has 0 aromatic carbocycles. The van der Waals surface area contributed by atoms with Crippen molar-refractivity contribution in [1.29, 1.82) is 0 Å². The molecule has 18 heavy (non-hydrogen) atoms. The van der Waals surface area contributed by atoms with Crippen LogP contribution in [0.5, 0.6) is 0 Å². The van der Waals surface area contributed by atoms with Crippen molar-refractivity contribution in [3.63, 3.8) is 0 Å². The summed E-state index contributed by atoms with van der Waals surface area (Å²) in [7, 11) is 0. The van der Waals surface area contributed by atoms with E-state index >= 15 is 0 Å². The van der Waals surface area contributed by atoms with Crippen LogP contribution in [0.1, 0.15) is 5.76 Å². The van der Waals surface area contributed by atoms with E-state index < -0.39 is 0 Å². The van der Waals surface area contributed by atoms with Crippen LogP contribution in [0.3, 0.4) is 0 Å². The summed E-state index contributed by atoms with van der Waals surface area (Å²) in [6.07, 6.45) is 1.54. The molecular formula is C10H8Br2N2O3S. The van der Waals surface area contributed by atoms with Crippen molar-refractivity contribution in [1.82, 2.24) is 4.90 Å². The van der Waals surface area contributed by atoms with Crippen molar-refractivity contribution in [3.05, 3.63) is 25.9 Å². The number of nitrogens with zero attached hydrogens (tertiary/aromatic N) is 1. The van der Waals surface area contributed by atoms with Crippen molar-refractivity contribution < 1.29 is 14.0 Å². The molecule has 0 radical (unpaired) electrons. The maximum Gasteiger partial charge on any atom is 0.293 e. The second kappa shape index (κ2) is 5.60. The minimum atomic E-state index is -0.334. The van der Waals surface area contributed by atoms with Crippen LogP contribution in [-0.4, -0.2) is 29.1 Å². The van der Waals surface area contributed by atoms with Crippen molar-refractivity contribution in [2.24, 2.45) is 5.73 Å². The van der Waals surface area contributed by atoms with Crippen LogP contribution >= 0.6 is 43.6 Å². The fourth-order valence-corrected chi connectivity index (χ4v) is 2.84. The number of hydrogen-bond donors (Lipinski definition) is 1. The van der Waals surface area contributed by atoms with E-state index in [4.69, 9.17) is 10.2 Å². The lowest BCUT2D eigenvalue weighted by molar-refractivity contribution is -0.122. The van der Waals surface area contributed by atoms with Crippen LogP contribution in [0.2, 0.25) is 0 Å². The van der Waals surface area contributed by atoms with Gasteiger partial charge in [0, 0.05) is 19.2 Å². The van der Waals surface area contributed by atoms with Gasteiger partial charge in [-0.1, -0.05) is 0 Å². The highest BCUT2D eigenvalue weighted by Crippen LogP contribution is 2.34. The van der Waals surface area contributed by atoms with Crippen LogP contribution in [0, 0.1) is 0 Å². The van der Waals surface area contributed by atoms with Crippen LogP contribution in [0.4, 0.5) is 4.79 Å². The summed E-state index contributed by atoms with van der Waals surface area (Å²) >= 11 is 7.36. The third-order valence-corrected chi connectivity index (χ3v) is 4.78. The van der Waals surface area contributed by atoms with Gasteiger partial charge in [-0.05, 0) is 49.7 Å². The second-order valence-corrected chi connectivity index (χ2v) is 5.96. The first kappa shape index (κ1) is 13.9. The number of carbonyl (C=O) groups excluding carboxylic acids is 2. The predicted molar refractivity (Wildman–Crippen MR) is 75.8 cm³/mol. The summed E-state index contributed by atoms with van der Waals surface area (Å²) in [6.45, 7) is 0.483. The molecule has 0 spiro atoms. The Morgan fingerprint density at radius 1 is 1.44 bits per heavy atom. The first-order valence-corrected chi connectivity index (χ1v) is 7.33. The lowest BCUT2D eigenvalue weighted by atomic mass is 10.3. The Morgan fingerprint density at radius 3 is 2.72 bits per heavy atom. The van der Waals surface area contributed by atoms with E-state index in [-0.39, 0.29) is 24.2 Å². The molecule has 1 saturated heterocycles. The Labute approximate surface area is 124 Å². The van der Waals surface area contributed by atoms with Crippen LogP contribution in [-0.2, 0) is 4.79 Å². The zero-order valence-corrected chi connectivity index (χ0v) is 13.0. The fraction of sp³-hybridized carbons (Fsp3) is 0.200. The quantitative estimate of drug-likeness (QED) is 0.796. The van der Waals surface area contributed by atoms with E-state index in [1.807, 2.05) is 0 Å². The molecule has 0 unspecified atom stereocenters. The van der Waals surface area contributed by atoms with Gasteiger partial charge in [0.1, 0.15) is 5.76 Å². The predicted octanol–water partition coefficient (Wildman–Crippen LogP) is 2.80. The van der Waals surface area contributed by atoms with E-state index in [0.29, 0.717) is 15.3 Å². The lowest BCUT2D eigenvalue weighted by Crippen LogP contribution is -2.33. The number of hydrogen-bond acceptors (Lipinski definition) is 5. The summed E-state index contributed by atoms with van der Waals surface area (Å²) in [5.41, 5.74) is 5.35. The minimum Gasteiger partial charge on any atom is -0.449 e. The van der Waals surface area contributed by atoms with E-state index in [1.165, 1.54) is 6.08 Å². The Hall–Kier alpha value is -0.570. The molecule has 2 N–H and O–H groups in total. The van der Waals surface area contributed by atoms with Crippen molar-refractivity contribution >= 4 is 60.8 Å². The van der Waals surface area contributed by atoms with Crippen molar-refractivity contribution in [3.8, 4) is 0 Å². The van der Waals surface area contributed by atoms with Gasteiger partial charge in [-0.15, -0.1) is 0 Å². The van der Waals surface area contributed by atoms with Gasteiger partial charge >= 0.3 is 0 Å². The zero-order valence-electron chi connectivity index (χ0n) is 8.98. The highest BCUT2D eigenvalue weighted by molar-refractivity contribution is 9.13. The average molecular weight is 396 g/mol. The number of carbonyl (C=O) groups is 2. The molecule has 1 fully saturated rings. The third-order valence-electron chi connectivity index (χ3n) is 2.16.